The number of nitrogens with two attached hydrogens (primary N) is 1. The van der Waals surface area contributed by atoms with Gasteiger partial charge in [0.2, 0.25) is 5.91 Å². The molecule has 0 unspecified atom stereocenters. The van der Waals surface area contributed by atoms with Crippen LogP contribution in [0.4, 0.5) is 33.3 Å². The summed E-state index contributed by atoms with van der Waals surface area (Å²) in [6.45, 7) is 1.37. The number of carboxylic acid groups (broad SMARTS) is 1. The van der Waals surface area contributed by atoms with Gasteiger partial charge in [0.25, 0.3) is 6.08 Å². The molecule has 0 saturated heterocycles. The van der Waals surface area contributed by atoms with Gasteiger partial charge in [-0.25, -0.2) is 14.3 Å². The molecule has 1 aromatic heterocycles. The zero-order valence-corrected chi connectivity index (χ0v) is 20.6. The van der Waals surface area contributed by atoms with Crippen molar-refractivity contribution in [3.05, 3.63) is 87.6 Å². The maximum absolute atomic E-state index is 13.0. The lowest BCUT2D eigenvalue weighted by Crippen LogP contribution is -2.33. The van der Waals surface area contributed by atoms with Crippen molar-refractivity contribution in [2.45, 2.75) is 39.0 Å². The van der Waals surface area contributed by atoms with Gasteiger partial charge in [0, 0.05) is 18.5 Å². The smallest absolute Gasteiger partial charge is 0.475 e. The lowest BCUT2D eigenvalue weighted by atomic mass is 9.96. The highest BCUT2D eigenvalue weighted by molar-refractivity contribution is 6.04. The summed E-state index contributed by atoms with van der Waals surface area (Å²) >= 11 is 0. The van der Waals surface area contributed by atoms with Gasteiger partial charge in [0.05, 0.1) is 24.5 Å². The number of aliphatic carboxylic acids is 1. The molecule has 0 atom stereocenters. The van der Waals surface area contributed by atoms with Crippen LogP contribution in [0.2, 0.25) is 0 Å². The highest BCUT2D eigenvalue weighted by Gasteiger charge is 2.38. The van der Waals surface area contributed by atoms with E-state index in [9.17, 15) is 31.5 Å². The molecule has 208 valence electrons. The summed E-state index contributed by atoms with van der Waals surface area (Å²) < 4.78 is 59.9. The van der Waals surface area contributed by atoms with Gasteiger partial charge < -0.3 is 10.8 Å². The lowest BCUT2D eigenvalue weighted by molar-refractivity contribution is -0.192. The number of alkyl halides is 3. The number of aromatic nitrogens is 3. The number of halogens is 5. The van der Waals surface area contributed by atoms with Crippen molar-refractivity contribution in [3.63, 3.8) is 0 Å². The molecule has 0 spiro atoms. The van der Waals surface area contributed by atoms with Crippen LogP contribution in [0, 0.1) is 6.92 Å². The summed E-state index contributed by atoms with van der Waals surface area (Å²) in [7, 11) is 0. The molecule has 0 aliphatic carbocycles. The molecule has 1 amide bonds. The number of aryl methyl sites for hydroxylation is 2. The van der Waals surface area contributed by atoms with E-state index in [4.69, 9.17) is 15.6 Å². The van der Waals surface area contributed by atoms with E-state index in [1.807, 2.05) is 49.4 Å². The summed E-state index contributed by atoms with van der Waals surface area (Å²) in [6.07, 6.45) is -4.60. The maximum atomic E-state index is 13.0. The third-order valence-corrected chi connectivity index (χ3v) is 5.87. The van der Waals surface area contributed by atoms with E-state index in [2.05, 4.69) is 5.10 Å². The summed E-state index contributed by atoms with van der Waals surface area (Å²) in [5, 5.41) is 11.1. The molecule has 3 aromatic rings. The number of para-hydroxylation sites is 2. The summed E-state index contributed by atoms with van der Waals surface area (Å²) in [4.78, 5) is 36.3. The molecule has 1 aliphatic rings. The number of hydrogen-bond donors (Lipinski definition) is 2. The van der Waals surface area contributed by atoms with E-state index in [0.717, 1.165) is 27.1 Å². The van der Waals surface area contributed by atoms with E-state index < -0.39 is 23.9 Å². The van der Waals surface area contributed by atoms with Crippen molar-refractivity contribution in [1.29, 1.82) is 0 Å². The molecule has 1 aliphatic heterocycles. The van der Waals surface area contributed by atoms with Gasteiger partial charge in [-0.15, -0.1) is 0 Å². The monoisotopic (exact) mass is 553 g/mol. The molecule has 39 heavy (non-hydrogen) atoms. The Labute approximate surface area is 218 Å². The highest BCUT2D eigenvalue weighted by Crippen LogP contribution is 2.38. The standard InChI is InChI=1S/C23H23F2N5O2.C2HF3O2/c1-15-5-4-7-16-9-10-20(31)30(21(15)16)19-8-3-2-6-17(19)12-28-14-27-29(23(28)32)13-18(11-26)22(24)25;3-2(4,5)1(6)7/h2-8,14H,9-13,26H2,1H3;(H,6,7). The van der Waals surface area contributed by atoms with Gasteiger partial charge in [-0.3, -0.25) is 14.3 Å². The molecule has 3 N–H and O–H groups in total. The molecule has 14 heteroatoms. The molecule has 0 fully saturated rings. The van der Waals surface area contributed by atoms with E-state index in [-0.39, 0.29) is 31.1 Å². The molecule has 0 radical (unpaired) electrons. The number of anilines is 2. The fraction of sp³-hybridized carbons (Fsp3) is 0.280. The number of carbonyl (C=O) groups is 2. The van der Waals surface area contributed by atoms with E-state index >= 15 is 0 Å². The van der Waals surface area contributed by atoms with E-state index in [0.29, 0.717) is 18.5 Å². The predicted octanol–water partition coefficient (Wildman–Crippen LogP) is 3.76. The minimum absolute atomic E-state index is 0.0153. The number of nitrogens with zero attached hydrogens (tertiary/aromatic N) is 4. The fourth-order valence-electron chi connectivity index (χ4n) is 3.99. The number of amides is 1. The Hall–Kier alpha value is -4.33. The maximum Gasteiger partial charge on any atom is 0.490 e. The second-order valence-corrected chi connectivity index (χ2v) is 8.51. The van der Waals surface area contributed by atoms with Gasteiger partial charge in [-0.2, -0.15) is 27.1 Å². The third kappa shape index (κ3) is 6.76. The highest BCUT2D eigenvalue weighted by atomic mass is 19.4. The Bertz CT molecular complexity index is 1460. The van der Waals surface area contributed by atoms with Crippen LogP contribution in [0.25, 0.3) is 0 Å². The molecule has 9 nitrogen and oxygen atoms in total. The van der Waals surface area contributed by atoms with Gasteiger partial charge in [0.1, 0.15) is 6.33 Å². The number of benzene rings is 2. The average molecular weight is 553 g/mol. The van der Waals surface area contributed by atoms with Crippen LogP contribution in [0.15, 0.2) is 65.2 Å². The zero-order valence-electron chi connectivity index (χ0n) is 20.6. The Morgan fingerprint density at radius 2 is 1.74 bits per heavy atom. The number of carboxylic acids is 1. The lowest BCUT2D eigenvalue weighted by Gasteiger charge is -2.32. The van der Waals surface area contributed by atoms with Crippen LogP contribution < -0.4 is 16.3 Å². The second kappa shape index (κ2) is 12.0. The summed E-state index contributed by atoms with van der Waals surface area (Å²) in [5.74, 6) is -2.77. The predicted molar refractivity (Wildman–Crippen MR) is 131 cm³/mol. The third-order valence-electron chi connectivity index (χ3n) is 5.87. The van der Waals surface area contributed by atoms with Crippen LogP contribution in [-0.2, 0) is 29.1 Å². The van der Waals surface area contributed by atoms with Crippen LogP contribution >= 0.6 is 0 Å². The molecule has 4 rings (SSSR count). The van der Waals surface area contributed by atoms with Crippen molar-refractivity contribution >= 4 is 23.3 Å². The van der Waals surface area contributed by atoms with Crippen molar-refractivity contribution < 1.29 is 36.6 Å². The van der Waals surface area contributed by atoms with Gasteiger partial charge in [0.15, 0.2) is 0 Å². The molecular formula is C25H24F5N5O4. The van der Waals surface area contributed by atoms with Crippen LogP contribution in [0.5, 0.6) is 0 Å². The first kappa shape index (κ1) is 29.2. The van der Waals surface area contributed by atoms with Crippen molar-refractivity contribution in [3.8, 4) is 0 Å². The molecule has 2 heterocycles. The number of rotatable bonds is 6. The first-order valence-corrected chi connectivity index (χ1v) is 11.5. The molecule has 2 aromatic carbocycles. The van der Waals surface area contributed by atoms with Crippen LogP contribution in [-0.4, -0.2) is 44.1 Å². The van der Waals surface area contributed by atoms with Gasteiger partial charge in [-0.05, 0) is 36.1 Å². The van der Waals surface area contributed by atoms with Gasteiger partial charge in [-0.1, -0.05) is 36.4 Å². The number of fused-ring (bicyclic) bond motifs is 1. The normalized spacial score (nSPS) is 12.9. The van der Waals surface area contributed by atoms with Gasteiger partial charge >= 0.3 is 17.8 Å². The SMILES string of the molecule is Cc1cccc2c1N(c1ccccc1Cn1cnn(CC(CN)=C(F)F)c1=O)C(=O)CC2.O=C(O)C(F)(F)F. The number of carbonyl (C=O) groups excluding carboxylic acids is 1. The zero-order chi connectivity index (χ0) is 28.9. The summed E-state index contributed by atoms with van der Waals surface area (Å²) in [5.41, 5.74) is 8.85. The largest absolute Gasteiger partial charge is 0.490 e. The molecule has 0 bridgehead atoms. The fourth-order valence-corrected chi connectivity index (χ4v) is 3.99. The Morgan fingerprint density at radius 1 is 1.08 bits per heavy atom. The van der Waals surface area contributed by atoms with Crippen LogP contribution in [0.3, 0.4) is 0 Å². The minimum Gasteiger partial charge on any atom is -0.475 e. The van der Waals surface area contributed by atoms with Crippen molar-refractivity contribution in [2.24, 2.45) is 5.73 Å². The minimum atomic E-state index is -5.08. The molecular weight excluding hydrogens is 529 g/mol. The van der Waals surface area contributed by atoms with Crippen molar-refractivity contribution in [2.75, 3.05) is 11.4 Å². The Balaban J connectivity index is 0.000000532. The Morgan fingerprint density at radius 3 is 2.36 bits per heavy atom. The Kier molecular flexibility index (Phi) is 9.01. The number of hydrogen-bond acceptors (Lipinski definition) is 5. The first-order valence-electron chi connectivity index (χ1n) is 11.5. The first-order chi connectivity index (χ1) is 18.3. The second-order valence-electron chi connectivity index (χ2n) is 8.51. The van der Waals surface area contributed by atoms with E-state index in [1.54, 1.807) is 4.90 Å². The van der Waals surface area contributed by atoms with Crippen LogP contribution in [0.1, 0.15) is 23.1 Å². The quantitative estimate of drug-likeness (QED) is 0.449. The van der Waals surface area contributed by atoms with Crippen molar-refractivity contribution in [1.82, 2.24) is 14.3 Å². The average Bonchev–Trinajstić information content (AvgIpc) is 3.21. The summed E-state index contributed by atoms with van der Waals surface area (Å²) in [6, 6.07) is 13.3. The molecule has 0 saturated carbocycles. The van der Waals surface area contributed by atoms with E-state index in [1.165, 1.54) is 10.9 Å². The topological polar surface area (TPSA) is 123 Å².